The third-order valence-corrected chi connectivity index (χ3v) is 7.57. The number of tetrazole rings is 1. The molecule has 1 saturated carbocycles. The molecule has 1 aliphatic rings. The molecule has 1 fully saturated rings. The first kappa shape index (κ1) is 26.3. The Balaban J connectivity index is 1.39. The van der Waals surface area contributed by atoms with Crippen LogP contribution in [-0.2, 0) is 11.3 Å². The zero-order chi connectivity index (χ0) is 26.3. The highest BCUT2D eigenvalue weighted by molar-refractivity contribution is 5.86. The van der Waals surface area contributed by atoms with Crippen molar-refractivity contribution in [2.75, 3.05) is 20.6 Å². The van der Waals surface area contributed by atoms with E-state index in [1.807, 2.05) is 43.3 Å². The average Bonchev–Trinajstić information content (AvgIpc) is 3.60. The predicted molar refractivity (Wildman–Crippen MR) is 143 cm³/mol. The molecule has 194 valence electrons. The lowest BCUT2D eigenvalue weighted by Crippen LogP contribution is -2.54. The van der Waals surface area contributed by atoms with E-state index in [1.54, 1.807) is 0 Å². The molecular weight excluding hydrogens is 466 g/mol. The molecule has 0 saturated heterocycles. The first-order chi connectivity index (χ1) is 18.0. The van der Waals surface area contributed by atoms with Crippen molar-refractivity contribution >= 4 is 5.91 Å². The number of hydrogen-bond donors (Lipinski definition) is 2. The van der Waals surface area contributed by atoms with Crippen LogP contribution in [0.4, 0.5) is 0 Å². The van der Waals surface area contributed by atoms with Gasteiger partial charge >= 0.3 is 0 Å². The predicted octanol–water partition coefficient (Wildman–Crippen LogP) is 4.98. The van der Waals surface area contributed by atoms with E-state index in [2.05, 4.69) is 67.2 Å². The SMILES string of the molecule is CNC1(C(=O)N(C)Cc2ccc(-c3ccccc3-c3nn[nH]n3)cc2)CCC(CC(C)CCN=[N+]=[N-])C1. The molecule has 0 bridgehead atoms. The Morgan fingerprint density at radius 1 is 1.27 bits per heavy atom. The minimum absolute atomic E-state index is 0.144. The number of nitrogens with one attached hydrogen (secondary N) is 2. The van der Waals surface area contributed by atoms with E-state index in [1.165, 1.54) is 0 Å². The van der Waals surface area contributed by atoms with Gasteiger partial charge in [0.1, 0.15) is 0 Å². The first-order valence-electron chi connectivity index (χ1n) is 12.8. The molecule has 37 heavy (non-hydrogen) atoms. The molecule has 3 unspecified atom stereocenters. The third kappa shape index (κ3) is 6.15. The summed E-state index contributed by atoms with van der Waals surface area (Å²) in [4.78, 5) is 18.3. The number of aromatic amines is 1. The van der Waals surface area contributed by atoms with Gasteiger partial charge in [-0.2, -0.15) is 5.21 Å². The summed E-state index contributed by atoms with van der Waals surface area (Å²) in [7, 11) is 3.78. The molecule has 3 aromatic rings. The van der Waals surface area contributed by atoms with E-state index >= 15 is 0 Å². The number of rotatable bonds is 11. The minimum atomic E-state index is -0.520. The van der Waals surface area contributed by atoms with E-state index in [0.717, 1.165) is 54.4 Å². The normalized spacial score (nSPS) is 19.8. The summed E-state index contributed by atoms with van der Waals surface area (Å²) in [5, 5.41) is 21.5. The van der Waals surface area contributed by atoms with Crippen molar-refractivity contribution in [3.8, 4) is 22.5 Å². The van der Waals surface area contributed by atoms with Crippen LogP contribution < -0.4 is 5.32 Å². The van der Waals surface area contributed by atoms with Crippen molar-refractivity contribution in [2.45, 2.75) is 51.1 Å². The summed E-state index contributed by atoms with van der Waals surface area (Å²) in [5.41, 5.74) is 12.0. The van der Waals surface area contributed by atoms with E-state index in [-0.39, 0.29) is 5.91 Å². The highest BCUT2D eigenvalue weighted by Gasteiger charge is 2.45. The maximum absolute atomic E-state index is 13.6. The molecule has 1 aliphatic carbocycles. The largest absolute Gasteiger partial charge is 0.340 e. The molecule has 10 heteroatoms. The monoisotopic (exact) mass is 501 g/mol. The Bertz CT molecular complexity index is 1220. The number of nitrogens with zero attached hydrogens (tertiary/aromatic N) is 7. The molecule has 10 nitrogen and oxygen atoms in total. The van der Waals surface area contributed by atoms with Gasteiger partial charge in [-0.05, 0) is 78.4 Å². The Morgan fingerprint density at radius 2 is 2.03 bits per heavy atom. The first-order valence-corrected chi connectivity index (χ1v) is 12.8. The fourth-order valence-corrected chi connectivity index (χ4v) is 5.59. The Morgan fingerprint density at radius 3 is 2.70 bits per heavy atom. The Labute approximate surface area is 217 Å². The van der Waals surface area contributed by atoms with Crippen LogP contribution in [0.3, 0.4) is 0 Å². The number of H-pyrrole nitrogens is 1. The second kappa shape index (κ2) is 12.0. The maximum Gasteiger partial charge on any atom is 0.242 e. The van der Waals surface area contributed by atoms with Crippen molar-refractivity contribution < 1.29 is 4.79 Å². The molecular formula is C27H35N9O. The van der Waals surface area contributed by atoms with E-state index < -0.39 is 5.54 Å². The van der Waals surface area contributed by atoms with Gasteiger partial charge < -0.3 is 10.2 Å². The summed E-state index contributed by atoms with van der Waals surface area (Å²) < 4.78 is 0. The summed E-state index contributed by atoms with van der Waals surface area (Å²) >= 11 is 0. The number of hydrogen-bond acceptors (Lipinski definition) is 6. The number of carbonyl (C=O) groups excluding carboxylic acids is 1. The van der Waals surface area contributed by atoms with Crippen LogP contribution in [0.2, 0.25) is 0 Å². The van der Waals surface area contributed by atoms with E-state index in [4.69, 9.17) is 5.53 Å². The Kier molecular flexibility index (Phi) is 8.53. The molecule has 1 amide bonds. The van der Waals surface area contributed by atoms with Crippen molar-refractivity contribution in [1.29, 1.82) is 0 Å². The maximum atomic E-state index is 13.6. The fraction of sp³-hybridized carbons (Fsp3) is 0.481. The van der Waals surface area contributed by atoms with Crippen LogP contribution in [0.15, 0.2) is 53.6 Å². The number of carbonyl (C=O) groups is 1. The molecule has 3 atom stereocenters. The summed E-state index contributed by atoms with van der Waals surface area (Å²) in [6.07, 6.45) is 4.64. The average molecular weight is 502 g/mol. The number of aromatic nitrogens is 4. The molecule has 4 rings (SSSR count). The molecule has 1 aromatic heterocycles. The van der Waals surface area contributed by atoms with Gasteiger partial charge in [0.25, 0.3) is 0 Å². The zero-order valence-corrected chi connectivity index (χ0v) is 21.8. The molecule has 2 aromatic carbocycles. The molecule has 0 radical (unpaired) electrons. The molecule has 0 spiro atoms. The number of amides is 1. The summed E-state index contributed by atoms with van der Waals surface area (Å²) in [5.74, 6) is 1.66. The van der Waals surface area contributed by atoms with Crippen molar-refractivity contribution in [3.63, 3.8) is 0 Å². The van der Waals surface area contributed by atoms with Gasteiger partial charge in [-0.3, -0.25) is 4.79 Å². The van der Waals surface area contributed by atoms with Gasteiger partial charge in [0.15, 0.2) is 0 Å². The van der Waals surface area contributed by atoms with Gasteiger partial charge in [-0.25, -0.2) is 0 Å². The second-order valence-corrected chi connectivity index (χ2v) is 10.2. The third-order valence-electron chi connectivity index (χ3n) is 7.57. The van der Waals surface area contributed by atoms with Crippen LogP contribution in [0.25, 0.3) is 33.0 Å². The fourth-order valence-electron chi connectivity index (χ4n) is 5.59. The van der Waals surface area contributed by atoms with Crippen LogP contribution in [-0.4, -0.2) is 57.6 Å². The standard InChI is InChI=1S/C27H35N9O/c1-19(13-15-30-33-28)16-21-12-14-27(17-21,29-2)26(37)36(3)18-20-8-10-22(11-9-20)23-6-4-5-7-24(23)25-31-34-35-32-25/h4-11,19,21,29H,12-18H2,1-3H3,(H,31,32,34,35). The van der Waals surface area contributed by atoms with Crippen LogP contribution >= 0.6 is 0 Å². The quantitative estimate of drug-likeness (QED) is 0.217. The summed E-state index contributed by atoms with van der Waals surface area (Å²) in [6, 6.07) is 16.3. The van der Waals surface area contributed by atoms with Gasteiger partial charge in [0, 0.05) is 30.6 Å². The van der Waals surface area contributed by atoms with Crippen LogP contribution in [0, 0.1) is 11.8 Å². The smallest absolute Gasteiger partial charge is 0.242 e. The highest BCUT2D eigenvalue weighted by atomic mass is 16.2. The topological polar surface area (TPSA) is 136 Å². The van der Waals surface area contributed by atoms with Gasteiger partial charge in [0.05, 0.1) is 5.54 Å². The van der Waals surface area contributed by atoms with Crippen LogP contribution in [0.5, 0.6) is 0 Å². The molecule has 0 aliphatic heterocycles. The van der Waals surface area contributed by atoms with Gasteiger partial charge in [-0.15, -0.1) is 10.2 Å². The van der Waals surface area contributed by atoms with Gasteiger partial charge in [-0.1, -0.05) is 60.6 Å². The van der Waals surface area contributed by atoms with E-state index in [0.29, 0.717) is 30.7 Å². The molecule has 1 heterocycles. The lowest BCUT2D eigenvalue weighted by molar-refractivity contribution is -0.137. The zero-order valence-electron chi connectivity index (χ0n) is 21.8. The lowest BCUT2D eigenvalue weighted by Gasteiger charge is -2.33. The number of benzene rings is 2. The van der Waals surface area contributed by atoms with Crippen molar-refractivity contribution in [3.05, 3.63) is 64.5 Å². The van der Waals surface area contributed by atoms with E-state index in [9.17, 15) is 4.79 Å². The van der Waals surface area contributed by atoms with Crippen molar-refractivity contribution in [1.82, 2.24) is 30.8 Å². The lowest BCUT2D eigenvalue weighted by atomic mass is 9.89. The Hall–Kier alpha value is -3.75. The highest BCUT2D eigenvalue weighted by Crippen LogP contribution is 2.39. The second-order valence-electron chi connectivity index (χ2n) is 10.2. The number of likely N-dealkylation sites (N-methyl/N-ethyl adjacent to an activating group) is 2. The van der Waals surface area contributed by atoms with Crippen molar-refractivity contribution in [2.24, 2.45) is 17.0 Å². The summed E-state index contributed by atoms with van der Waals surface area (Å²) in [6.45, 7) is 3.28. The minimum Gasteiger partial charge on any atom is -0.340 e. The number of azide groups is 1. The van der Waals surface area contributed by atoms with Crippen LogP contribution in [0.1, 0.15) is 44.6 Å². The van der Waals surface area contributed by atoms with Gasteiger partial charge in [0.2, 0.25) is 11.7 Å². The molecule has 2 N–H and O–H groups in total.